The van der Waals surface area contributed by atoms with Crippen molar-refractivity contribution >= 4 is 28.3 Å². The maximum absolute atomic E-state index is 13.4. The summed E-state index contributed by atoms with van der Waals surface area (Å²) in [5.41, 5.74) is 0.395. The minimum atomic E-state index is -4.69. The number of hydrogen-bond donors (Lipinski definition) is 1. The number of hydrogen-bond acceptors (Lipinski definition) is 5. The molecule has 0 aliphatic rings. The fraction of sp³-hybridized carbons (Fsp3) is 0.320. The monoisotopic (exact) mass is 498 g/mol. The summed E-state index contributed by atoms with van der Waals surface area (Å²) in [5, 5.41) is 6.83. The molecule has 0 aliphatic carbocycles. The average Bonchev–Trinajstić information content (AvgIpc) is 3.41. The molecule has 0 atom stereocenters. The van der Waals surface area contributed by atoms with Crippen molar-refractivity contribution in [3.8, 4) is 0 Å². The fourth-order valence-electron chi connectivity index (χ4n) is 3.93. The predicted octanol–water partition coefficient (Wildman–Crippen LogP) is 5.22. The number of amides is 1. The zero-order valence-corrected chi connectivity index (χ0v) is 20.2. The number of ketones is 1. The molecular formula is C25H25F3N6O2. The molecule has 0 unspecified atom stereocenters. The lowest BCUT2D eigenvalue weighted by molar-refractivity contribution is -0.142. The van der Waals surface area contributed by atoms with Gasteiger partial charge >= 0.3 is 6.18 Å². The minimum absolute atomic E-state index is 0.113. The van der Waals surface area contributed by atoms with Crippen LogP contribution in [0.15, 0.2) is 49.3 Å². The summed E-state index contributed by atoms with van der Waals surface area (Å²) in [6.45, 7) is 7.39. The summed E-state index contributed by atoms with van der Waals surface area (Å²) in [6, 6.07) is 3.09. The Morgan fingerprint density at radius 1 is 1.03 bits per heavy atom. The molecular weight excluding hydrogens is 473 g/mol. The molecule has 188 valence electrons. The van der Waals surface area contributed by atoms with Gasteiger partial charge in [0.05, 0.1) is 23.8 Å². The molecule has 1 amide bonds. The van der Waals surface area contributed by atoms with Crippen LogP contribution in [0, 0.1) is 0 Å². The third-order valence-electron chi connectivity index (χ3n) is 5.68. The zero-order valence-electron chi connectivity index (χ0n) is 20.2. The maximum atomic E-state index is 13.4. The van der Waals surface area contributed by atoms with Crippen molar-refractivity contribution in [2.45, 2.75) is 52.4 Å². The van der Waals surface area contributed by atoms with Gasteiger partial charge in [0.25, 0.3) is 0 Å². The van der Waals surface area contributed by atoms with Gasteiger partial charge in [-0.1, -0.05) is 0 Å². The van der Waals surface area contributed by atoms with Crippen LogP contribution in [-0.4, -0.2) is 36.0 Å². The summed E-state index contributed by atoms with van der Waals surface area (Å²) in [4.78, 5) is 34.1. The number of pyridine rings is 2. The van der Waals surface area contributed by atoms with Gasteiger partial charge in [0, 0.05) is 65.1 Å². The van der Waals surface area contributed by atoms with E-state index < -0.39 is 24.2 Å². The van der Waals surface area contributed by atoms with E-state index in [-0.39, 0.29) is 34.7 Å². The summed E-state index contributed by atoms with van der Waals surface area (Å²) >= 11 is 0. The van der Waals surface area contributed by atoms with E-state index in [9.17, 15) is 22.8 Å². The smallest absolute Gasteiger partial charge is 0.344 e. The molecule has 4 heterocycles. The average molecular weight is 499 g/mol. The van der Waals surface area contributed by atoms with Crippen molar-refractivity contribution in [3.05, 3.63) is 71.7 Å². The number of halogens is 3. The molecule has 0 aliphatic heterocycles. The number of carbonyl (C=O) groups excluding carboxylic acids is 2. The molecule has 0 spiro atoms. The first-order valence-electron chi connectivity index (χ1n) is 11.3. The number of fused-ring (bicyclic) bond motifs is 1. The van der Waals surface area contributed by atoms with Gasteiger partial charge in [-0.25, -0.2) is 0 Å². The van der Waals surface area contributed by atoms with Gasteiger partial charge in [0.2, 0.25) is 5.91 Å². The second-order valence-electron chi connectivity index (χ2n) is 9.03. The molecule has 0 aromatic carbocycles. The molecule has 0 fully saturated rings. The summed E-state index contributed by atoms with van der Waals surface area (Å²) < 4.78 is 43.4. The van der Waals surface area contributed by atoms with E-state index in [1.807, 2.05) is 24.5 Å². The summed E-state index contributed by atoms with van der Waals surface area (Å²) in [7, 11) is 0. The van der Waals surface area contributed by atoms with Crippen molar-refractivity contribution in [1.82, 2.24) is 24.3 Å². The van der Waals surface area contributed by atoms with E-state index >= 15 is 0 Å². The highest BCUT2D eigenvalue weighted by molar-refractivity contribution is 6.16. The Hall–Kier alpha value is -4.02. The van der Waals surface area contributed by atoms with Gasteiger partial charge in [-0.3, -0.25) is 24.2 Å². The third kappa shape index (κ3) is 5.00. The molecule has 0 saturated heterocycles. The van der Waals surface area contributed by atoms with Crippen molar-refractivity contribution in [1.29, 1.82) is 0 Å². The molecule has 0 bridgehead atoms. The van der Waals surface area contributed by atoms with Crippen LogP contribution in [0.25, 0.3) is 10.9 Å². The lowest BCUT2D eigenvalue weighted by Gasteiger charge is -2.08. The van der Waals surface area contributed by atoms with E-state index in [1.165, 1.54) is 29.3 Å². The van der Waals surface area contributed by atoms with Gasteiger partial charge in [-0.05, 0) is 39.8 Å². The number of carbonyl (C=O) groups is 2. The fourth-order valence-corrected chi connectivity index (χ4v) is 3.93. The lowest BCUT2D eigenvalue weighted by Crippen LogP contribution is -2.18. The highest BCUT2D eigenvalue weighted by Crippen LogP contribution is 2.32. The van der Waals surface area contributed by atoms with Crippen LogP contribution in [0.1, 0.15) is 67.0 Å². The third-order valence-corrected chi connectivity index (χ3v) is 5.68. The number of alkyl halides is 3. The van der Waals surface area contributed by atoms with E-state index in [2.05, 4.69) is 20.4 Å². The Labute approximate surface area is 205 Å². The predicted molar refractivity (Wildman–Crippen MR) is 128 cm³/mol. The number of nitrogens with zero attached hydrogens (tertiary/aromatic N) is 5. The van der Waals surface area contributed by atoms with E-state index in [0.717, 1.165) is 5.52 Å². The molecule has 8 nitrogen and oxygen atoms in total. The molecule has 0 saturated carbocycles. The van der Waals surface area contributed by atoms with Gasteiger partial charge in [-0.2, -0.15) is 18.3 Å². The largest absolute Gasteiger partial charge is 0.435 e. The molecule has 4 aromatic rings. The first-order valence-corrected chi connectivity index (χ1v) is 11.3. The number of anilines is 1. The van der Waals surface area contributed by atoms with Crippen LogP contribution in [0.3, 0.4) is 0 Å². The molecule has 4 rings (SSSR count). The highest BCUT2D eigenvalue weighted by atomic mass is 19.4. The second kappa shape index (κ2) is 9.56. The van der Waals surface area contributed by atoms with Gasteiger partial charge < -0.3 is 9.88 Å². The number of nitrogens with one attached hydrogen (secondary N) is 1. The summed E-state index contributed by atoms with van der Waals surface area (Å²) in [6.07, 6.45) is 3.75. The first kappa shape index (κ1) is 25.1. The minimum Gasteiger partial charge on any atom is -0.344 e. The number of aromatic nitrogens is 5. The molecule has 36 heavy (non-hydrogen) atoms. The summed E-state index contributed by atoms with van der Waals surface area (Å²) in [5.74, 6) is -0.996. The Balaban J connectivity index is 1.57. The normalized spacial score (nSPS) is 12.0. The van der Waals surface area contributed by atoms with E-state index in [1.54, 1.807) is 32.4 Å². The van der Waals surface area contributed by atoms with Crippen LogP contribution in [-0.2, 0) is 17.4 Å². The van der Waals surface area contributed by atoms with E-state index in [4.69, 9.17) is 0 Å². The van der Waals surface area contributed by atoms with Crippen LogP contribution < -0.4 is 5.32 Å². The first-order chi connectivity index (χ1) is 17.0. The van der Waals surface area contributed by atoms with Crippen LogP contribution in [0.4, 0.5) is 18.9 Å². The Bertz CT molecular complexity index is 1440. The van der Waals surface area contributed by atoms with E-state index in [0.29, 0.717) is 10.9 Å². The maximum Gasteiger partial charge on any atom is 0.435 e. The molecule has 1 N–H and O–H groups in total. The van der Waals surface area contributed by atoms with Gasteiger partial charge in [-0.15, -0.1) is 0 Å². The van der Waals surface area contributed by atoms with Crippen LogP contribution in [0.2, 0.25) is 0 Å². The van der Waals surface area contributed by atoms with Crippen molar-refractivity contribution in [2.24, 2.45) is 0 Å². The Morgan fingerprint density at radius 2 is 1.78 bits per heavy atom. The zero-order chi connectivity index (χ0) is 26.2. The SMILES string of the molecule is CC(C)n1cc(CC(=O)Nc2cncc(C(=O)c3cn(C(C)C)c4ccncc34)c2)c(C(F)(F)F)n1. The topological polar surface area (TPSA) is 94.7 Å². The number of rotatable bonds is 7. The van der Waals surface area contributed by atoms with Crippen LogP contribution >= 0.6 is 0 Å². The van der Waals surface area contributed by atoms with Gasteiger partial charge in [0.1, 0.15) is 0 Å². The second-order valence-corrected chi connectivity index (χ2v) is 9.03. The Morgan fingerprint density at radius 3 is 2.44 bits per heavy atom. The van der Waals surface area contributed by atoms with Crippen molar-refractivity contribution < 1.29 is 22.8 Å². The molecule has 0 radical (unpaired) electrons. The van der Waals surface area contributed by atoms with Crippen molar-refractivity contribution in [3.63, 3.8) is 0 Å². The van der Waals surface area contributed by atoms with Crippen LogP contribution in [0.5, 0.6) is 0 Å². The molecule has 11 heteroatoms. The van der Waals surface area contributed by atoms with Gasteiger partial charge in [0.15, 0.2) is 11.5 Å². The quantitative estimate of drug-likeness (QED) is 0.353. The Kier molecular flexibility index (Phi) is 6.66. The standard InChI is InChI=1S/C25H25F3N6O2/c1-14(2)33-13-20(19-11-29-6-5-21(19)33)23(36)16-7-18(10-30-9-16)31-22(35)8-17-12-34(15(3)4)32-24(17)25(26,27)28/h5-7,9-15H,8H2,1-4H3,(H,31,35). The molecule has 4 aromatic heterocycles. The highest BCUT2D eigenvalue weighted by Gasteiger charge is 2.37. The van der Waals surface area contributed by atoms with Crippen molar-refractivity contribution in [2.75, 3.05) is 5.32 Å². The lowest BCUT2D eigenvalue weighted by atomic mass is 10.0.